The molecule has 4 aromatic rings. The number of β-amino-alcohol motifs (C(OH)–C–C–N with tert-alkyl or cyclic N) is 1. The van der Waals surface area contributed by atoms with Crippen molar-refractivity contribution >= 4 is 58.3 Å². The number of para-hydroxylation sites is 1. The molecule has 2 aliphatic heterocycles. The number of carboxylic acid groups (broad SMARTS) is 1. The number of anilines is 5. The highest BCUT2D eigenvalue weighted by Gasteiger charge is 2.44. The van der Waals surface area contributed by atoms with Crippen molar-refractivity contribution in [2.75, 3.05) is 62.4 Å². The Kier molecular flexibility index (Phi) is 15.5. The molecule has 21 heteroatoms. The number of amides is 4. The van der Waals surface area contributed by atoms with E-state index >= 15 is 0 Å². The fourth-order valence-electron chi connectivity index (χ4n) is 7.88. The Balaban J connectivity index is 0.941. The van der Waals surface area contributed by atoms with E-state index in [4.69, 9.17) is 4.74 Å². The zero-order valence-corrected chi connectivity index (χ0v) is 37.7. The molecule has 0 saturated carbocycles. The molecule has 348 valence electrons. The third kappa shape index (κ3) is 12.0. The van der Waals surface area contributed by atoms with Gasteiger partial charge in [0.15, 0.2) is 23.1 Å². The number of likely N-dealkylation sites (tertiary alicyclic amines) is 1. The summed E-state index contributed by atoms with van der Waals surface area (Å²) in [6, 6.07) is 8.83. The number of nitrogens with zero attached hydrogens (tertiary/aromatic N) is 9. The van der Waals surface area contributed by atoms with Crippen molar-refractivity contribution in [2.24, 2.45) is 12.5 Å². The van der Waals surface area contributed by atoms with Crippen LogP contribution in [-0.2, 0) is 26.2 Å². The SMILES string of the molecule is CNC(=O)c1nnc(Nc2ccc(N3CCN(C(=O)CCCCCCC(=O)N[C@H](C(=O)N4C[C@H](O)C[C@H]4C(=O)O)C(C)(C)C)CC3)cn2)cc1Nc1cccc(-c2ncn(C)n2)c1OC. The second-order valence-electron chi connectivity index (χ2n) is 17.2. The highest BCUT2D eigenvalue weighted by molar-refractivity contribution is 5.99. The van der Waals surface area contributed by atoms with Crippen LogP contribution in [-0.4, -0.2) is 145 Å². The van der Waals surface area contributed by atoms with Crippen LogP contribution in [0.15, 0.2) is 48.9 Å². The lowest BCUT2D eigenvalue weighted by atomic mass is 9.85. The lowest BCUT2D eigenvalue weighted by molar-refractivity contribution is -0.150. The van der Waals surface area contributed by atoms with Gasteiger partial charge in [-0.25, -0.2) is 14.8 Å². The van der Waals surface area contributed by atoms with Gasteiger partial charge in [0.25, 0.3) is 5.91 Å². The number of methoxy groups -OCH3 is 1. The van der Waals surface area contributed by atoms with Crippen molar-refractivity contribution < 1.29 is 38.9 Å². The van der Waals surface area contributed by atoms with E-state index in [0.717, 1.165) is 23.4 Å². The monoisotopic (exact) mass is 897 g/mol. The van der Waals surface area contributed by atoms with Gasteiger partial charge < -0.3 is 50.9 Å². The summed E-state index contributed by atoms with van der Waals surface area (Å²) in [6.45, 7) is 7.75. The number of aliphatic hydroxyl groups excluding tert-OH is 1. The van der Waals surface area contributed by atoms with E-state index in [1.54, 1.807) is 64.3 Å². The molecule has 21 nitrogen and oxygen atoms in total. The summed E-state index contributed by atoms with van der Waals surface area (Å²) in [5.41, 5.74) is 1.89. The maximum Gasteiger partial charge on any atom is 0.326 e. The van der Waals surface area contributed by atoms with E-state index < -0.39 is 41.4 Å². The van der Waals surface area contributed by atoms with Gasteiger partial charge in [-0.3, -0.25) is 23.9 Å². The number of ether oxygens (including phenoxy) is 1. The average molecular weight is 898 g/mol. The summed E-state index contributed by atoms with van der Waals surface area (Å²) in [5.74, 6) is -0.529. The molecule has 1 aromatic carbocycles. The molecular formula is C44H59N13O8. The van der Waals surface area contributed by atoms with Crippen LogP contribution in [0.5, 0.6) is 5.75 Å². The van der Waals surface area contributed by atoms with Crippen LogP contribution in [0.1, 0.15) is 76.2 Å². The highest BCUT2D eigenvalue weighted by atomic mass is 16.5. The molecule has 4 amide bonds. The number of benzene rings is 1. The first-order chi connectivity index (χ1) is 31.1. The normalized spacial score (nSPS) is 16.8. The van der Waals surface area contributed by atoms with E-state index in [9.17, 15) is 34.2 Å². The Morgan fingerprint density at radius 3 is 2.28 bits per heavy atom. The van der Waals surface area contributed by atoms with Crippen LogP contribution in [0.3, 0.4) is 0 Å². The molecule has 0 bridgehead atoms. The number of carboxylic acids is 1. The number of piperazine rings is 1. The van der Waals surface area contributed by atoms with Crippen molar-refractivity contribution in [1.29, 1.82) is 0 Å². The van der Waals surface area contributed by atoms with Gasteiger partial charge in [0.05, 0.1) is 42.0 Å². The Morgan fingerprint density at radius 1 is 0.908 bits per heavy atom. The lowest BCUT2D eigenvalue weighted by Gasteiger charge is -2.36. The van der Waals surface area contributed by atoms with Crippen LogP contribution in [0, 0.1) is 5.41 Å². The van der Waals surface area contributed by atoms with E-state index in [0.29, 0.717) is 85.6 Å². The van der Waals surface area contributed by atoms with Crippen molar-refractivity contribution in [3.8, 4) is 17.1 Å². The quantitative estimate of drug-likeness (QED) is 0.0784. The Morgan fingerprint density at radius 2 is 1.65 bits per heavy atom. The van der Waals surface area contributed by atoms with E-state index in [1.807, 2.05) is 29.2 Å². The topological polar surface area (TPSA) is 262 Å². The van der Waals surface area contributed by atoms with Gasteiger partial charge in [-0.2, -0.15) is 5.10 Å². The molecule has 0 aliphatic carbocycles. The standard InChI is InChI=1S/C44H59N13O8/c1-44(2,3)39(42(62)57-25-28(58)22-32(57)43(63)64)50-35(59)14-9-7-8-10-15-36(60)56-20-18-55(19-21-56)27-16-17-33(46-24-27)49-34-23-31(37(52-51-34)41(61)45-4)48-30-13-11-12-29(38(30)65-6)40-47-26-54(5)53-40/h11-13,16-17,23-24,26,28,32,39,58H,7-10,14-15,18-22,25H2,1-6H3,(H,45,61)(H,50,59)(H,63,64)(H2,46,48,49,51)/t28-,32+,39-/m1/s1. The average Bonchev–Trinajstić information content (AvgIpc) is 3.91. The summed E-state index contributed by atoms with van der Waals surface area (Å²) in [7, 11) is 4.83. The van der Waals surface area contributed by atoms with Crippen LogP contribution >= 0.6 is 0 Å². The summed E-state index contributed by atoms with van der Waals surface area (Å²) in [5, 5.41) is 44.2. The summed E-state index contributed by atoms with van der Waals surface area (Å²) >= 11 is 0. The first-order valence-corrected chi connectivity index (χ1v) is 21.7. The molecule has 6 N–H and O–H groups in total. The number of unbranched alkanes of at least 4 members (excludes halogenated alkanes) is 3. The molecule has 3 atom stereocenters. The number of aromatic nitrogens is 6. The van der Waals surface area contributed by atoms with Gasteiger partial charge >= 0.3 is 5.97 Å². The number of rotatable bonds is 18. The predicted octanol–water partition coefficient (Wildman–Crippen LogP) is 3.09. The number of aryl methyl sites for hydroxylation is 1. The van der Waals surface area contributed by atoms with Crippen molar-refractivity contribution in [3.63, 3.8) is 0 Å². The number of nitrogens with one attached hydrogen (secondary N) is 4. The van der Waals surface area contributed by atoms with Crippen molar-refractivity contribution in [3.05, 3.63) is 54.6 Å². The number of carbonyl (C=O) groups excluding carboxylic acids is 4. The molecule has 65 heavy (non-hydrogen) atoms. The number of pyridine rings is 1. The molecule has 0 unspecified atom stereocenters. The van der Waals surface area contributed by atoms with Crippen molar-refractivity contribution in [1.82, 2.24) is 50.4 Å². The first kappa shape index (κ1) is 47.6. The number of hydrogen-bond acceptors (Lipinski definition) is 15. The van der Waals surface area contributed by atoms with Gasteiger partial charge in [0.2, 0.25) is 17.7 Å². The third-order valence-corrected chi connectivity index (χ3v) is 11.4. The van der Waals surface area contributed by atoms with Gasteiger partial charge in [0, 0.05) is 72.1 Å². The highest BCUT2D eigenvalue weighted by Crippen LogP contribution is 2.37. The van der Waals surface area contributed by atoms with Gasteiger partial charge in [-0.15, -0.1) is 10.2 Å². The number of hydrogen-bond donors (Lipinski definition) is 6. The van der Waals surface area contributed by atoms with Gasteiger partial charge in [0.1, 0.15) is 24.2 Å². The fourth-order valence-corrected chi connectivity index (χ4v) is 7.88. The molecule has 3 aromatic heterocycles. The van der Waals surface area contributed by atoms with E-state index in [1.165, 1.54) is 7.05 Å². The van der Waals surface area contributed by atoms with Crippen LogP contribution in [0.2, 0.25) is 0 Å². The summed E-state index contributed by atoms with van der Waals surface area (Å²) in [4.78, 5) is 77.9. The molecular weight excluding hydrogens is 839 g/mol. The number of aliphatic carboxylic acids is 1. The van der Waals surface area contributed by atoms with Crippen LogP contribution < -0.4 is 30.9 Å². The molecule has 5 heterocycles. The molecule has 2 fully saturated rings. The Labute approximate surface area is 377 Å². The van der Waals surface area contributed by atoms with Gasteiger partial charge in [-0.1, -0.05) is 39.7 Å². The molecule has 0 radical (unpaired) electrons. The maximum atomic E-state index is 13.4. The van der Waals surface area contributed by atoms with Crippen molar-refractivity contribution in [2.45, 2.75) is 83.9 Å². The zero-order valence-electron chi connectivity index (χ0n) is 37.7. The third-order valence-electron chi connectivity index (χ3n) is 11.4. The summed E-state index contributed by atoms with van der Waals surface area (Å²) in [6.07, 6.45) is 5.77. The predicted molar refractivity (Wildman–Crippen MR) is 241 cm³/mol. The minimum absolute atomic E-state index is 0.0446. The van der Waals surface area contributed by atoms with Crippen LogP contribution in [0.25, 0.3) is 11.4 Å². The first-order valence-electron chi connectivity index (χ1n) is 21.7. The second-order valence-corrected chi connectivity index (χ2v) is 17.2. The zero-order chi connectivity index (χ0) is 46.8. The smallest absolute Gasteiger partial charge is 0.326 e. The maximum absolute atomic E-state index is 13.4. The van der Waals surface area contributed by atoms with E-state index in [-0.39, 0.29) is 36.9 Å². The second kappa shape index (κ2) is 21.2. The summed E-state index contributed by atoms with van der Waals surface area (Å²) < 4.78 is 7.34. The fraction of sp³-hybridized carbons (Fsp3) is 0.500. The molecule has 2 aliphatic rings. The largest absolute Gasteiger partial charge is 0.494 e. The molecule has 2 saturated heterocycles. The number of carbonyl (C=O) groups is 5. The molecule has 0 spiro atoms. The Bertz CT molecular complexity index is 2330. The minimum Gasteiger partial charge on any atom is -0.494 e. The number of aliphatic hydroxyl groups is 1. The van der Waals surface area contributed by atoms with Gasteiger partial charge in [-0.05, 0) is 42.5 Å². The van der Waals surface area contributed by atoms with Crippen LogP contribution in [0.4, 0.5) is 28.7 Å². The minimum atomic E-state index is -1.18. The Hall–Kier alpha value is -6.90. The van der Waals surface area contributed by atoms with E-state index in [2.05, 4.69) is 51.4 Å². The molecule has 6 rings (SSSR count). The lowest BCUT2D eigenvalue weighted by Crippen LogP contribution is -2.56.